The molecule has 1 aromatic rings. The smallest absolute Gasteiger partial charge is 0.317 e. The van der Waals surface area contributed by atoms with E-state index in [-0.39, 0.29) is 6.03 Å². The Morgan fingerprint density at radius 3 is 3.12 bits per heavy atom. The number of carbonyl (C=O) groups excluding carboxylic acids is 1. The summed E-state index contributed by atoms with van der Waals surface area (Å²) in [5, 5.41) is 6.71. The molecule has 2 aliphatic heterocycles. The number of urea groups is 1. The molecule has 0 saturated carbocycles. The van der Waals surface area contributed by atoms with E-state index in [0.717, 1.165) is 38.0 Å². The predicted molar refractivity (Wildman–Crippen MR) is 97.8 cm³/mol. The molecule has 2 unspecified atom stereocenters. The van der Waals surface area contributed by atoms with Gasteiger partial charge < -0.3 is 20.3 Å². The fourth-order valence-corrected chi connectivity index (χ4v) is 3.95. The van der Waals surface area contributed by atoms with E-state index in [0.29, 0.717) is 24.4 Å². The lowest BCUT2D eigenvalue weighted by Gasteiger charge is -2.38. The van der Waals surface area contributed by atoms with Crippen molar-refractivity contribution in [3.63, 3.8) is 0 Å². The topological polar surface area (TPSA) is 66.5 Å². The van der Waals surface area contributed by atoms with Crippen molar-refractivity contribution in [1.82, 2.24) is 20.5 Å². The fraction of sp³-hybridized carbons (Fsp3) is 0.684. The molecule has 138 valence electrons. The minimum absolute atomic E-state index is 0.0709. The number of likely N-dealkylation sites (tertiary alicyclic amines) is 1. The number of amides is 2. The van der Waals surface area contributed by atoms with E-state index in [2.05, 4.69) is 15.6 Å². The fourth-order valence-electron chi connectivity index (χ4n) is 3.95. The van der Waals surface area contributed by atoms with Crippen LogP contribution in [0.2, 0.25) is 0 Å². The Hall–Kier alpha value is -1.82. The number of nitrogens with one attached hydrogen (secondary N) is 2. The van der Waals surface area contributed by atoms with Gasteiger partial charge in [-0.05, 0) is 56.2 Å². The number of hydrogen-bond acceptors (Lipinski definition) is 4. The average Bonchev–Trinajstić information content (AvgIpc) is 2.69. The van der Waals surface area contributed by atoms with Crippen LogP contribution in [0.5, 0.6) is 5.88 Å². The van der Waals surface area contributed by atoms with Crippen LogP contribution >= 0.6 is 0 Å². The SMILES string of the molecule is COc1cc(CCNC(=O)N2CCCC(C3CCCCN3)C2)ccn1. The summed E-state index contributed by atoms with van der Waals surface area (Å²) in [6, 6.07) is 4.54. The number of rotatable bonds is 5. The first-order valence-electron chi connectivity index (χ1n) is 9.51. The van der Waals surface area contributed by atoms with E-state index in [1.165, 1.54) is 25.7 Å². The van der Waals surface area contributed by atoms with Crippen molar-refractivity contribution in [2.75, 3.05) is 33.3 Å². The first kappa shape index (κ1) is 18.0. The highest BCUT2D eigenvalue weighted by molar-refractivity contribution is 5.74. The van der Waals surface area contributed by atoms with Crippen LogP contribution in [-0.4, -0.2) is 55.2 Å². The highest BCUT2D eigenvalue weighted by Gasteiger charge is 2.29. The van der Waals surface area contributed by atoms with Crippen LogP contribution < -0.4 is 15.4 Å². The van der Waals surface area contributed by atoms with Gasteiger partial charge in [-0.3, -0.25) is 0 Å². The summed E-state index contributed by atoms with van der Waals surface area (Å²) in [6.45, 7) is 3.52. The summed E-state index contributed by atoms with van der Waals surface area (Å²) in [4.78, 5) is 18.6. The number of methoxy groups -OCH3 is 1. The Morgan fingerprint density at radius 2 is 2.32 bits per heavy atom. The Kier molecular flexibility index (Phi) is 6.50. The molecule has 2 atom stereocenters. The molecular weight excluding hydrogens is 316 g/mol. The van der Waals surface area contributed by atoms with Crippen LogP contribution in [0.25, 0.3) is 0 Å². The second-order valence-corrected chi connectivity index (χ2v) is 7.09. The molecular formula is C19H30N4O2. The lowest BCUT2D eigenvalue weighted by atomic mass is 9.86. The maximum Gasteiger partial charge on any atom is 0.317 e. The molecule has 3 heterocycles. The Bertz CT molecular complexity index is 560. The van der Waals surface area contributed by atoms with Gasteiger partial charge >= 0.3 is 6.03 Å². The molecule has 2 saturated heterocycles. The third-order valence-corrected chi connectivity index (χ3v) is 5.36. The molecule has 3 rings (SSSR count). The second kappa shape index (κ2) is 9.04. The van der Waals surface area contributed by atoms with Gasteiger partial charge in [0, 0.05) is 37.9 Å². The minimum Gasteiger partial charge on any atom is -0.481 e. The molecule has 25 heavy (non-hydrogen) atoms. The van der Waals surface area contributed by atoms with Gasteiger partial charge in [0.2, 0.25) is 5.88 Å². The zero-order valence-corrected chi connectivity index (χ0v) is 15.2. The third-order valence-electron chi connectivity index (χ3n) is 5.36. The number of carbonyl (C=O) groups is 1. The van der Waals surface area contributed by atoms with Crippen molar-refractivity contribution in [3.8, 4) is 5.88 Å². The van der Waals surface area contributed by atoms with Gasteiger partial charge in [0.05, 0.1) is 7.11 Å². The molecule has 6 heteroatoms. The molecule has 6 nitrogen and oxygen atoms in total. The van der Waals surface area contributed by atoms with Crippen LogP contribution in [0.1, 0.15) is 37.7 Å². The van der Waals surface area contributed by atoms with Gasteiger partial charge in [-0.2, -0.15) is 0 Å². The number of pyridine rings is 1. The van der Waals surface area contributed by atoms with Gasteiger partial charge in [-0.25, -0.2) is 9.78 Å². The molecule has 0 bridgehead atoms. The Morgan fingerprint density at radius 1 is 1.40 bits per heavy atom. The highest BCUT2D eigenvalue weighted by atomic mass is 16.5. The molecule has 2 N–H and O–H groups in total. The van der Waals surface area contributed by atoms with E-state index >= 15 is 0 Å². The van der Waals surface area contributed by atoms with Gasteiger partial charge in [0.15, 0.2) is 0 Å². The number of piperidine rings is 2. The van der Waals surface area contributed by atoms with Gasteiger partial charge in [0.1, 0.15) is 0 Å². The molecule has 0 aromatic carbocycles. The monoisotopic (exact) mass is 346 g/mol. The zero-order valence-electron chi connectivity index (χ0n) is 15.2. The molecule has 2 fully saturated rings. The molecule has 2 amide bonds. The van der Waals surface area contributed by atoms with E-state index in [9.17, 15) is 4.79 Å². The Labute approximate surface area is 150 Å². The summed E-state index contributed by atoms with van der Waals surface area (Å²) < 4.78 is 5.13. The van der Waals surface area contributed by atoms with E-state index in [1.807, 2.05) is 17.0 Å². The van der Waals surface area contributed by atoms with E-state index in [1.54, 1.807) is 13.3 Å². The maximum absolute atomic E-state index is 12.5. The zero-order chi connectivity index (χ0) is 17.5. The second-order valence-electron chi connectivity index (χ2n) is 7.09. The summed E-state index contributed by atoms with van der Waals surface area (Å²) >= 11 is 0. The Balaban J connectivity index is 1.44. The van der Waals surface area contributed by atoms with Gasteiger partial charge in [-0.1, -0.05) is 6.42 Å². The lowest BCUT2D eigenvalue weighted by molar-refractivity contribution is 0.142. The largest absolute Gasteiger partial charge is 0.481 e. The van der Waals surface area contributed by atoms with Crippen molar-refractivity contribution in [2.24, 2.45) is 5.92 Å². The van der Waals surface area contributed by atoms with Crippen LogP contribution in [-0.2, 0) is 6.42 Å². The van der Waals surface area contributed by atoms with Gasteiger partial charge in [-0.15, -0.1) is 0 Å². The van der Waals surface area contributed by atoms with Crippen LogP contribution in [0.15, 0.2) is 18.3 Å². The van der Waals surface area contributed by atoms with Crippen LogP contribution in [0, 0.1) is 5.92 Å². The van der Waals surface area contributed by atoms with Crippen molar-refractivity contribution in [3.05, 3.63) is 23.9 Å². The minimum atomic E-state index is 0.0709. The third kappa shape index (κ3) is 5.08. The molecule has 0 radical (unpaired) electrons. The van der Waals surface area contributed by atoms with Crippen LogP contribution in [0.4, 0.5) is 4.79 Å². The average molecular weight is 346 g/mol. The maximum atomic E-state index is 12.5. The lowest BCUT2D eigenvalue weighted by Crippen LogP contribution is -2.51. The predicted octanol–water partition coefficient (Wildman–Crippen LogP) is 2.20. The van der Waals surface area contributed by atoms with Crippen molar-refractivity contribution in [1.29, 1.82) is 0 Å². The van der Waals surface area contributed by atoms with Crippen LogP contribution in [0.3, 0.4) is 0 Å². The van der Waals surface area contributed by atoms with Crippen molar-refractivity contribution < 1.29 is 9.53 Å². The van der Waals surface area contributed by atoms with E-state index in [4.69, 9.17) is 4.74 Å². The molecule has 2 aliphatic rings. The summed E-state index contributed by atoms with van der Waals surface area (Å²) in [6.07, 6.45) is 8.72. The number of aromatic nitrogens is 1. The standard InChI is InChI=1S/C19H30N4O2/c1-25-18-13-15(7-10-21-18)8-11-22-19(24)23-12-4-5-16(14-23)17-6-2-3-9-20-17/h7,10,13,16-17,20H,2-6,8-9,11-12,14H2,1H3,(H,22,24). The van der Waals surface area contributed by atoms with Crippen molar-refractivity contribution in [2.45, 2.75) is 44.6 Å². The van der Waals surface area contributed by atoms with Gasteiger partial charge in [0.25, 0.3) is 0 Å². The quantitative estimate of drug-likeness (QED) is 0.858. The summed E-state index contributed by atoms with van der Waals surface area (Å²) in [7, 11) is 1.61. The normalized spacial score (nSPS) is 24.0. The molecule has 1 aromatic heterocycles. The number of hydrogen-bond donors (Lipinski definition) is 2. The molecule has 0 aliphatic carbocycles. The van der Waals surface area contributed by atoms with E-state index < -0.39 is 0 Å². The number of nitrogens with zero attached hydrogens (tertiary/aromatic N) is 2. The van der Waals surface area contributed by atoms with Crippen molar-refractivity contribution >= 4 is 6.03 Å². The molecule has 0 spiro atoms. The highest BCUT2D eigenvalue weighted by Crippen LogP contribution is 2.24. The summed E-state index contributed by atoms with van der Waals surface area (Å²) in [5.41, 5.74) is 1.12. The summed E-state index contributed by atoms with van der Waals surface area (Å²) in [5.74, 6) is 1.21. The number of ether oxygens (including phenoxy) is 1. The first-order chi connectivity index (χ1) is 12.3. The first-order valence-corrected chi connectivity index (χ1v) is 9.51.